The predicted molar refractivity (Wildman–Crippen MR) is 119 cm³/mol. The van der Waals surface area contributed by atoms with Gasteiger partial charge in [-0.3, -0.25) is 9.59 Å². The van der Waals surface area contributed by atoms with E-state index in [2.05, 4.69) is 27.4 Å². The highest BCUT2D eigenvalue weighted by Gasteiger charge is 2.16. The van der Waals surface area contributed by atoms with Crippen molar-refractivity contribution in [1.82, 2.24) is 25.1 Å². The third kappa shape index (κ3) is 5.91. The van der Waals surface area contributed by atoms with E-state index in [4.69, 9.17) is 11.6 Å². The van der Waals surface area contributed by atoms with E-state index in [1.54, 1.807) is 42.3 Å². The number of aryl methyl sites for hydroxylation is 1. The van der Waals surface area contributed by atoms with Crippen molar-refractivity contribution in [3.8, 4) is 0 Å². The lowest BCUT2D eigenvalue weighted by Crippen LogP contribution is -2.30. The molecule has 3 aromatic rings. The predicted octanol–water partition coefficient (Wildman–Crippen LogP) is 3.48. The maximum atomic E-state index is 12.9. The molecule has 0 unspecified atom stereocenters. The number of rotatable bonds is 9. The molecule has 11 heteroatoms. The van der Waals surface area contributed by atoms with Crippen LogP contribution in [-0.2, 0) is 18.4 Å². The number of nitrogens with one attached hydrogen (secondary N) is 1. The van der Waals surface area contributed by atoms with E-state index in [9.17, 15) is 9.59 Å². The van der Waals surface area contributed by atoms with Crippen LogP contribution in [0.3, 0.4) is 0 Å². The van der Waals surface area contributed by atoms with Crippen LogP contribution in [-0.4, -0.2) is 49.2 Å². The lowest BCUT2D eigenvalue weighted by Gasteiger charge is -2.20. The summed E-state index contributed by atoms with van der Waals surface area (Å²) in [6, 6.07) is 10.5. The lowest BCUT2D eigenvalue weighted by atomic mass is 10.1. The largest absolute Gasteiger partial charge is 0.330 e. The second kappa shape index (κ2) is 10.4. The Morgan fingerprint density at radius 3 is 2.67 bits per heavy atom. The molecule has 2 heterocycles. The number of hydrogen-bond donors (Lipinski definition) is 1. The first-order valence-electron chi connectivity index (χ1n) is 8.85. The molecule has 0 bridgehead atoms. The number of tetrazole rings is 1. The Hall–Kier alpha value is -2.69. The van der Waals surface area contributed by atoms with Gasteiger partial charge >= 0.3 is 0 Å². The van der Waals surface area contributed by atoms with E-state index >= 15 is 0 Å². The molecule has 3 rings (SSSR count). The molecule has 1 aromatic carbocycles. The zero-order valence-corrected chi connectivity index (χ0v) is 18.5. The first kappa shape index (κ1) is 22.0. The summed E-state index contributed by atoms with van der Waals surface area (Å²) in [5.74, 6) is -0.140. The van der Waals surface area contributed by atoms with E-state index < -0.39 is 0 Å². The Labute approximate surface area is 186 Å². The number of nitrogens with zero attached hydrogens (tertiary/aromatic N) is 5. The number of hydrogen-bond acceptors (Lipinski definition) is 7. The van der Waals surface area contributed by atoms with Gasteiger partial charge in [0.25, 0.3) is 5.91 Å². The van der Waals surface area contributed by atoms with Gasteiger partial charge < -0.3 is 10.2 Å². The molecular formula is C19H19ClN6O2S2. The van der Waals surface area contributed by atoms with Crippen LogP contribution in [0, 0.1) is 0 Å². The summed E-state index contributed by atoms with van der Waals surface area (Å²) >= 11 is 8.66. The van der Waals surface area contributed by atoms with Crippen molar-refractivity contribution in [2.75, 3.05) is 17.6 Å². The van der Waals surface area contributed by atoms with Gasteiger partial charge in [-0.15, -0.1) is 23.0 Å². The van der Waals surface area contributed by atoms with Gasteiger partial charge in [0, 0.05) is 29.7 Å². The normalized spacial score (nSPS) is 10.6. The molecule has 0 fully saturated rings. The molecule has 30 heavy (non-hydrogen) atoms. The molecular weight excluding hydrogens is 444 g/mol. The Morgan fingerprint density at radius 1 is 1.30 bits per heavy atom. The van der Waals surface area contributed by atoms with Crippen LogP contribution < -0.4 is 5.32 Å². The van der Waals surface area contributed by atoms with Crippen LogP contribution in [0.4, 0.5) is 5.69 Å². The Kier molecular flexibility index (Phi) is 7.61. The van der Waals surface area contributed by atoms with Gasteiger partial charge in [-0.2, -0.15) is 0 Å². The second-order valence-electron chi connectivity index (χ2n) is 6.18. The molecule has 2 aromatic heterocycles. The van der Waals surface area contributed by atoms with Crippen LogP contribution in [0.1, 0.15) is 15.2 Å². The molecule has 0 saturated heterocycles. The average Bonchev–Trinajstić information content (AvgIpc) is 3.33. The highest BCUT2D eigenvalue weighted by Crippen LogP contribution is 2.23. The van der Waals surface area contributed by atoms with Crippen molar-refractivity contribution >= 4 is 52.2 Å². The van der Waals surface area contributed by atoms with Crippen LogP contribution in [0.2, 0.25) is 4.34 Å². The van der Waals surface area contributed by atoms with E-state index in [0.717, 1.165) is 4.88 Å². The zero-order valence-electron chi connectivity index (χ0n) is 16.1. The number of thioether (sulfide) groups is 1. The molecule has 0 saturated carbocycles. The van der Waals surface area contributed by atoms with Gasteiger partial charge in [0.05, 0.1) is 16.6 Å². The van der Waals surface area contributed by atoms with Crippen molar-refractivity contribution in [2.45, 2.75) is 11.7 Å². The molecule has 0 radical (unpaired) electrons. The maximum absolute atomic E-state index is 12.9. The number of anilines is 1. The molecule has 0 atom stereocenters. The summed E-state index contributed by atoms with van der Waals surface area (Å²) in [4.78, 5) is 27.7. The van der Waals surface area contributed by atoms with Crippen LogP contribution in [0.15, 0.2) is 54.2 Å². The van der Waals surface area contributed by atoms with Crippen molar-refractivity contribution in [3.05, 3.63) is 63.8 Å². The fourth-order valence-corrected chi connectivity index (χ4v) is 4.30. The summed E-state index contributed by atoms with van der Waals surface area (Å²) in [6.07, 6.45) is 1.69. The zero-order chi connectivity index (χ0) is 21.5. The third-order valence-electron chi connectivity index (χ3n) is 3.94. The number of amides is 2. The highest BCUT2D eigenvalue weighted by atomic mass is 35.5. The third-order valence-corrected chi connectivity index (χ3v) is 6.17. The van der Waals surface area contributed by atoms with Crippen molar-refractivity contribution in [1.29, 1.82) is 0 Å². The summed E-state index contributed by atoms with van der Waals surface area (Å²) in [5.41, 5.74) is 1.13. The van der Waals surface area contributed by atoms with Gasteiger partial charge in [0.15, 0.2) is 0 Å². The van der Waals surface area contributed by atoms with E-state index in [1.165, 1.54) is 27.8 Å². The number of aromatic nitrogens is 4. The van der Waals surface area contributed by atoms with Crippen LogP contribution >= 0.6 is 34.7 Å². The minimum absolute atomic E-state index is 0.123. The van der Waals surface area contributed by atoms with E-state index in [-0.39, 0.29) is 17.6 Å². The van der Waals surface area contributed by atoms with Crippen molar-refractivity contribution < 1.29 is 9.59 Å². The van der Waals surface area contributed by atoms with Gasteiger partial charge in [0.2, 0.25) is 11.1 Å². The second-order valence-corrected chi connectivity index (χ2v) is 8.92. The molecule has 156 valence electrons. The maximum Gasteiger partial charge on any atom is 0.254 e. The SMILES string of the molecule is C=CCN(Cc1ccc(Cl)s1)C(=O)c1ccc(NC(=O)CSc2nnnn2C)cc1. The summed E-state index contributed by atoms with van der Waals surface area (Å²) < 4.78 is 2.18. The minimum atomic E-state index is -0.190. The number of thiophene rings is 1. The summed E-state index contributed by atoms with van der Waals surface area (Å²) in [7, 11) is 1.71. The minimum Gasteiger partial charge on any atom is -0.330 e. The van der Waals surface area contributed by atoms with Gasteiger partial charge in [-0.25, -0.2) is 4.68 Å². The fraction of sp³-hybridized carbons (Fsp3) is 0.211. The number of carbonyl (C=O) groups is 2. The molecule has 0 aliphatic heterocycles. The molecule has 0 spiro atoms. The monoisotopic (exact) mass is 462 g/mol. The smallest absolute Gasteiger partial charge is 0.254 e. The Morgan fingerprint density at radius 2 is 2.07 bits per heavy atom. The van der Waals surface area contributed by atoms with Crippen LogP contribution in [0.5, 0.6) is 0 Å². The fourth-order valence-electron chi connectivity index (χ4n) is 2.55. The number of benzene rings is 1. The van der Waals surface area contributed by atoms with Gasteiger partial charge in [-0.05, 0) is 46.8 Å². The topological polar surface area (TPSA) is 93.0 Å². The molecule has 8 nitrogen and oxygen atoms in total. The molecule has 0 aliphatic carbocycles. The average molecular weight is 463 g/mol. The Balaban J connectivity index is 1.58. The Bertz CT molecular complexity index is 1030. The number of halogens is 1. The first-order valence-corrected chi connectivity index (χ1v) is 11.0. The van der Waals surface area contributed by atoms with Crippen molar-refractivity contribution in [3.63, 3.8) is 0 Å². The molecule has 0 aliphatic rings. The highest BCUT2D eigenvalue weighted by molar-refractivity contribution is 7.99. The standard InChI is InChI=1S/C19H19ClN6O2S2/c1-3-10-26(11-15-8-9-16(20)30-15)18(28)13-4-6-14(7-5-13)21-17(27)12-29-19-22-23-24-25(19)2/h3-9H,1,10-12H2,2H3,(H,21,27). The van der Waals surface area contributed by atoms with Gasteiger partial charge in [-0.1, -0.05) is 29.4 Å². The lowest BCUT2D eigenvalue weighted by molar-refractivity contribution is -0.113. The van der Waals surface area contributed by atoms with Crippen molar-refractivity contribution in [2.24, 2.45) is 7.05 Å². The first-order chi connectivity index (χ1) is 14.5. The molecule has 2 amide bonds. The van der Waals surface area contributed by atoms with Gasteiger partial charge in [0.1, 0.15) is 0 Å². The van der Waals surface area contributed by atoms with Crippen LogP contribution in [0.25, 0.3) is 0 Å². The summed E-state index contributed by atoms with van der Waals surface area (Å²) in [6.45, 7) is 4.60. The number of carbonyl (C=O) groups excluding carboxylic acids is 2. The quantitative estimate of drug-likeness (QED) is 0.386. The van der Waals surface area contributed by atoms with E-state index in [1.807, 2.05) is 12.1 Å². The van der Waals surface area contributed by atoms with E-state index in [0.29, 0.717) is 33.8 Å². The summed E-state index contributed by atoms with van der Waals surface area (Å²) in [5, 5.41) is 14.4. The molecule has 1 N–H and O–H groups in total.